The number of nitrogens with zero attached hydrogens (tertiary/aromatic N) is 1. The van der Waals surface area contributed by atoms with Gasteiger partial charge in [0.25, 0.3) is 0 Å². The van der Waals surface area contributed by atoms with Gasteiger partial charge in [0.05, 0.1) is 0 Å². The van der Waals surface area contributed by atoms with Gasteiger partial charge in [-0.2, -0.15) is 0 Å². The van der Waals surface area contributed by atoms with Crippen LogP contribution in [-0.4, -0.2) is 29.6 Å². The lowest BCUT2D eigenvalue weighted by atomic mass is 9.80. The van der Waals surface area contributed by atoms with Gasteiger partial charge in [0.1, 0.15) is 0 Å². The second-order valence-electron chi connectivity index (χ2n) is 6.38. The minimum absolute atomic E-state index is 0.405. The van der Waals surface area contributed by atoms with Crippen LogP contribution < -0.4 is 5.32 Å². The van der Waals surface area contributed by atoms with Gasteiger partial charge in [-0.25, -0.2) is 0 Å². The molecule has 3 heteroatoms. The minimum Gasteiger partial charge on any atom is -0.362 e. The Hall–Kier alpha value is -0.310. The average Bonchev–Trinajstić information content (AvgIpc) is 2.61. The Morgan fingerprint density at radius 2 is 2.06 bits per heavy atom. The summed E-state index contributed by atoms with van der Waals surface area (Å²) >= 11 is 5.42. The first-order chi connectivity index (χ1) is 7.30. The quantitative estimate of drug-likeness (QED) is 0.750. The monoisotopic (exact) mass is 242 g/mol. The van der Waals surface area contributed by atoms with E-state index in [-0.39, 0.29) is 0 Å². The molecule has 1 atom stereocenters. The fourth-order valence-corrected chi connectivity index (χ4v) is 2.30. The third-order valence-electron chi connectivity index (χ3n) is 3.36. The standard InChI is InChI=1S/C13H26N2S/c1-10(2)8-14-12(16)15-7-6-11(9-15)13(3,4)5/h10-11H,6-9H2,1-5H3,(H,14,16). The SMILES string of the molecule is CC(C)CNC(=S)N1CCC(C(C)(C)C)C1. The van der Waals surface area contributed by atoms with Gasteiger partial charge in [-0.05, 0) is 35.9 Å². The van der Waals surface area contributed by atoms with Crippen molar-refractivity contribution >= 4 is 17.3 Å². The Morgan fingerprint density at radius 3 is 2.50 bits per heavy atom. The topological polar surface area (TPSA) is 15.3 Å². The summed E-state index contributed by atoms with van der Waals surface area (Å²) in [7, 11) is 0. The van der Waals surface area contributed by atoms with Crippen molar-refractivity contribution in [3.05, 3.63) is 0 Å². The molecule has 1 N–H and O–H groups in total. The van der Waals surface area contributed by atoms with Crippen LogP contribution in [0.25, 0.3) is 0 Å². The highest BCUT2D eigenvalue weighted by Crippen LogP contribution is 2.33. The summed E-state index contributed by atoms with van der Waals surface area (Å²) in [5.41, 5.74) is 0.405. The maximum atomic E-state index is 5.42. The molecule has 1 saturated heterocycles. The van der Waals surface area contributed by atoms with E-state index >= 15 is 0 Å². The number of rotatable bonds is 2. The van der Waals surface area contributed by atoms with Crippen LogP contribution >= 0.6 is 12.2 Å². The fourth-order valence-electron chi connectivity index (χ4n) is 2.05. The largest absolute Gasteiger partial charge is 0.362 e. The van der Waals surface area contributed by atoms with E-state index in [0.29, 0.717) is 11.3 Å². The van der Waals surface area contributed by atoms with Crippen molar-refractivity contribution in [1.29, 1.82) is 0 Å². The Morgan fingerprint density at radius 1 is 1.44 bits per heavy atom. The van der Waals surface area contributed by atoms with Crippen LogP contribution in [0.2, 0.25) is 0 Å². The molecule has 94 valence electrons. The maximum Gasteiger partial charge on any atom is 0.168 e. The first-order valence-corrected chi connectivity index (χ1v) is 6.74. The molecule has 0 saturated carbocycles. The molecular formula is C13H26N2S. The molecule has 0 amide bonds. The third kappa shape index (κ3) is 3.93. The van der Waals surface area contributed by atoms with Crippen LogP contribution in [0.4, 0.5) is 0 Å². The van der Waals surface area contributed by atoms with E-state index in [1.54, 1.807) is 0 Å². The van der Waals surface area contributed by atoms with Crippen molar-refractivity contribution in [2.75, 3.05) is 19.6 Å². The molecule has 1 heterocycles. The van der Waals surface area contributed by atoms with Crippen LogP contribution in [0.3, 0.4) is 0 Å². The molecule has 1 aliphatic rings. The lowest BCUT2D eigenvalue weighted by molar-refractivity contribution is 0.250. The first kappa shape index (κ1) is 13.8. The molecule has 1 unspecified atom stereocenters. The van der Waals surface area contributed by atoms with Gasteiger partial charge < -0.3 is 10.2 Å². The van der Waals surface area contributed by atoms with Crippen molar-refractivity contribution in [1.82, 2.24) is 10.2 Å². The lowest BCUT2D eigenvalue weighted by Gasteiger charge is -2.28. The van der Waals surface area contributed by atoms with E-state index in [0.717, 1.165) is 30.7 Å². The Kier molecular flexibility index (Phi) is 4.60. The van der Waals surface area contributed by atoms with Gasteiger partial charge in [0.15, 0.2) is 5.11 Å². The zero-order valence-corrected chi connectivity index (χ0v) is 12.2. The summed E-state index contributed by atoms with van der Waals surface area (Å²) in [5.74, 6) is 1.42. The predicted molar refractivity (Wildman–Crippen MR) is 74.6 cm³/mol. The summed E-state index contributed by atoms with van der Waals surface area (Å²) in [6.07, 6.45) is 1.27. The minimum atomic E-state index is 0.405. The Labute approximate surface area is 106 Å². The summed E-state index contributed by atoms with van der Waals surface area (Å²) < 4.78 is 0. The van der Waals surface area contributed by atoms with Crippen LogP contribution in [0.1, 0.15) is 41.0 Å². The Bertz CT molecular complexity index is 243. The number of nitrogens with one attached hydrogen (secondary N) is 1. The van der Waals surface area contributed by atoms with E-state index in [9.17, 15) is 0 Å². The van der Waals surface area contributed by atoms with Crippen LogP contribution in [0, 0.1) is 17.3 Å². The van der Waals surface area contributed by atoms with Gasteiger partial charge in [0.2, 0.25) is 0 Å². The highest BCUT2D eigenvalue weighted by molar-refractivity contribution is 7.80. The van der Waals surface area contributed by atoms with Crippen molar-refractivity contribution in [3.8, 4) is 0 Å². The summed E-state index contributed by atoms with van der Waals surface area (Å²) in [6.45, 7) is 14.6. The summed E-state index contributed by atoms with van der Waals surface area (Å²) in [5, 5.41) is 4.30. The molecule has 1 aliphatic heterocycles. The summed E-state index contributed by atoms with van der Waals surface area (Å²) in [6, 6.07) is 0. The normalized spacial score (nSPS) is 21.6. The zero-order chi connectivity index (χ0) is 12.3. The molecule has 0 radical (unpaired) electrons. The lowest BCUT2D eigenvalue weighted by Crippen LogP contribution is -2.40. The first-order valence-electron chi connectivity index (χ1n) is 6.33. The van der Waals surface area contributed by atoms with Crippen molar-refractivity contribution in [2.24, 2.45) is 17.3 Å². The molecule has 0 aromatic heterocycles. The van der Waals surface area contributed by atoms with Crippen LogP contribution in [-0.2, 0) is 0 Å². The highest BCUT2D eigenvalue weighted by atomic mass is 32.1. The maximum absolute atomic E-state index is 5.42. The fraction of sp³-hybridized carbons (Fsp3) is 0.923. The molecule has 16 heavy (non-hydrogen) atoms. The molecule has 0 spiro atoms. The van der Waals surface area contributed by atoms with Crippen LogP contribution in [0.5, 0.6) is 0 Å². The van der Waals surface area contributed by atoms with Crippen LogP contribution in [0.15, 0.2) is 0 Å². The molecule has 0 aromatic carbocycles. The number of thiocarbonyl (C=S) groups is 1. The van der Waals surface area contributed by atoms with Crippen molar-refractivity contribution in [2.45, 2.75) is 41.0 Å². The van der Waals surface area contributed by atoms with Gasteiger partial charge in [-0.3, -0.25) is 0 Å². The average molecular weight is 242 g/mol. The Balaban J connectivity index is 2.38. The molecular weight excluding hydrogens is 216 g/mol. The number of hydrogen-bond acceptors (Lipinski definition) is 1. The van der Waals surface area contributed by atoms with E-state index in [2.05, 4.69) is 44.8 Å². The second-order valence-corrected chi connectivity index (χ2v) is 6.76. The molecule has 2 nitrogen and oxygen atoms in total. The predicted octanol–water partition coefficient (Wildman–Crippen LogP) is 2.88. The van der Waals surface area contributed by atoms with Crippen molar-refractivity contribution < 1.29 is 0 Å². The number of likely N-dealkylation sites (tertiary alicyclic amines) is 1. The smallest absolute Gasteiger partial charge is 0.168 e. The summed E-state index contributed by atoms with van der Waals surface area (Å²) in [4.78, 5) is 2.33. The number of hydrogen-bond donors (Lipinski definition) is 1. The van der Waals surface area contributed by atoms with E-state index in [1.165, 1.54) is 6.42 Å². The zero-order valence-electron chi connectivity index (χ0n) is 11.3. The molecule has 0 aliphatic carbocycles. The molecule has 1 rings (SSSR count). The van der Waals surface area contributed by atoms with Gasteiger partial charge >= 0.3 is 0 Å². The van der Waals surface area contributed by atoms with E-state index in [4.69, 9.17) is 12.2 Å². The third-order valence-corrected chi connectivity index (χ3v) is 3.76. The second kappa shape index (κ2) is 5.35. The van der Waals surface area contributed by atoms with E-state index < -0.39 is 0 Å². The molecule has 0 bridgehead atoms. The van der Waals surface area contributed by atoms with Gasteiger partial charge in [-0.15, -0.1) is 0 Å². The highest BCUT2D eigenvalue weighted by Gasteiger charge is 2.32. The van der Waals surface area contributed by atoms with Gasteiger partial charge in [0, 0.05) is 19.6 Å². The van der Waals surface area contributed by atoms with E-state index in [1.807, 2.05) is 0 Å². The molecule has 1 fully saturated rings. The van der Waals surface area contributed by atoms with Crippen molar-refractivity contribution in [3.63, 3.8) is 0 Å². The van der Waals surface area contributed by atoms with Gasteiger partial charge in [-0.1, -0.05) is 34.6 Å². The molecule has 0 aromatic rings.